The first kappa shape index (κ1) is 13.5. The zero-order valence-corrected chi connectivity index (χ0v) is 12.1. The Morgan fingerprint density at radius 3 is 3.10 bits per heavy atom. The molecule has 1 aromatic heterocycles. The number of morpholine rings is 1. The third-order valence-electron chi connectivity index (χ3n) is 3.41. The van der Waals surface area contributed by atoms with E-state index in [1.165, 1.54) is 0 Å². The minimum absolute atomic E-state index is 0.168. The number of nitrogens with one attached hydrogen (secondary N) is 1. The van der Waals surface area contributed by atoms with Gasteiger partial charge in [0.1, 0.15) is 5.82 Å². The van der Waals surface area contributed by atoms with Crippen LogP contribution in [-0.2, 0) is 4.74 Å². The van der Waals surface area contributed by atoms with E-state index in [2.05, 4.69) is 27.2 Å². The number of anilines is 1. The van der Waals surface area contributed by atoms with Crippen LogP contribution in [0.2, 0.25) is 5.28 Å². The third-order valence-corrected chi connectivity index (χ3v) is 3.58. The topological polar surface area (TPSA) is 50.3 Å². The largest absolute Gasteiger partial charge is 0.374 e. The Kier molecular flexibility index (Phi) is 4.00. The maximum absolute atomic E-state index is 5.97. The summed E-state index contributed by atoms with van der Waals surface area (Å²) in [5.41, 5.74) is 0.844. The Labute approximate surface area is 122 Å². The van der Waals surface area contributed by atoms with Gasteiger partial charge in [0, 0.05) is 25.0 Å². The number of nitrogens with zero attached hydrogens (tertiary/aromatic N) is 3. The van der Waals surface area contributed by atoms with Crippen molar-refractivity contribution in [3.05, 3.63) is 29.5 Å². The molecule has 0 aliphatic carbocycles. The van der Waals surface area contributed by atoms with Gasteiger partial charge in [-0.2, -0.15) is 0 Å². The summed E-state index contributed by atoms with van der Waals surface area (Å²) < 4.78 is 5.73. The van der Waals surface area contributed by atoms with Crippen LogP contribution >= 0.6 is 11.6 Å². The molecule has 1 N–H and O–H groups in total. The summed E-state index contributed by atoms with van der Waals surface area (Å²) >= 11 is 5.97. The highest BCUT2D eigenvalue weighted by atomic mass is 35.5. The van der Waals surface area contributed by atoms with Crippen LogP contribution in [0.15, 0.2) is 24.3 Å². The first-order valence-electron chi connectivity index (χ1n) is 6.68. The Hall–Kier alpha value is -1.43. The number of aromatic nitrogens is 2. The lowest BCUT2D eigenvalue weighted by Gasteiger charge is -2.30. The molecule has 1 aromatic carbocycles. The smallest absolute Gasteiger partial charge is 0.224 e. The summed E-state index contributed by atoms with van der Waals surface area (Å²) in [6.07, 6.45) is 0.168. The van der Waals surface area contributed by atoms with Gasteiger partial charge in [-0.25, -0.2) is 9.97 Å². The van der Waals surface area contributed by atoms with Gasteiger partial charge in [0.2, 0.25) is 5.28 Å². The fourth-order valence-electron chi connectivity index (χ4n) is 2.38. The number of ether oxygens (including phenoxy) is 1. The number of para-hydroxylation sites is 1. The Bertz CT molecular complexity index is 607. The van der Waals surface area contributed by atoms with E-state index < -0.39 is 0 Å². The van der Waals surface area contributed by atoms with Crippen molar-refractivity contribution in [1.29, 1.82) is 0 Å². The summed E-state index contributed by atoms with van der Waals surface area (Å²) in [5.74, 6) is 0.762. The first-order chi connectivity index (χ1) is 9.72. The van der Waals surface area contributed by atoms with Crippen molar-refractivity contribution < 1.29 is 4.74 Å². The summed E-state index contributed by atoms with van der Waals surface area (Å²) in [7, 11) is 2.10. The summed E-state index contributed by atoms with van der Waals surface area (Å²) in [6.45, 7) is 3.39. The number of halogens is 1. The van der Waals surface area contributed by atoms with Crippen LogP contribution in [0.25, 0.3) is 10.9 Å². The predicted molar refractivity (Wildman–Crippen MR) is 80.3 cm³/mol. The van der Waals surface area contributed by atoms with Gasteiger partial charge in [-0.3, -0.25) is 0 Å². The van der Waals surface area contributed by atoms with Crippen molar-refractivity contribution in [2.45, 2.75) is 6.10 Å². The predicted octanol–water partition coefficient (Wildman–Crippen LogP) is 2.03. The SMILES string of the molecule is CN1CCOC(CNc2nc(Cl)nc3ccccc23)C1. The van der Waals surface area contributed by atoms with Crippen molar-refractivity contribution in [2.75, 3.05) is 38.6 Å². The minimum atomic E-state index is 0.168. The number of hydrogen-bond donors (Lipinski definition) is 1. The highest BCUT2D eigenvalue weighted by Gasteiger charge is 2.18. The Morgan fingerprint density at radius 2 is 2.25 bits per heavy atom. The molecule has 1 aliphatic rings. The summed E-state index contributed by atoms with van der Waals surface area (Å²) in [6, 6.07) is 7.82. The van der Waals surface area contributed by atoms with Gasteiger partial charge >= 0.3 is 0 Å². The number of hydrogen-bond acceptors (Lipinski definition) is 5. The summed E-state index contributed by atoms with van der Waals surface area (Å²) in [4.78, 5) is 10.8. The quantitative estimate of drug-likeness (QED) is 0.877. The molecular formula is C14H17ClN4O. The van der Waals surface area contributed by atoms with E-state index in [9.17, 15) is 0 Å². The normalized spacial score (nSPS) is 20.2. The molecule has 106 valence electrons. The zero-order valence-electron chi connectivity index (χ0n) is 11.3. The highest BCUT2D eigenvalue weighted by molar-refractivity contribution is 6.28. The second kappa shape index (κ2) is 5.91. The molecule has 1 aliphatic heterocycles. The average Bonchev–Trinajstić information content (AvgIpc) is 2.44. The van der Waals surface area contributed by atoms with Crippen LogP contribution in [0.3, 0.4) is 0 Å². The molecular weight excluding hydrogens is 276 g/mol. The van der Waals surface area contributed by atoms with Gasteiger partial charge in [0.05, 0.1) is 18.2 Å². The minimum Gasteiger partial charge on any atom is -0.374 e. The zero-order chi connectivity index (χ0) is 13.9. The average molecular weight is 293 g/mol. The van der Waals surface area contributed by atoms with E-state index in [0.717, 1.165) is 36.4 Å². The van der Waals surface area contributed by atoms with Crippen molar-refractivity contribution >= 4 is 28.3 Å². The molecule has 1 saturated heterocycles. The number of rotatable bonds is 3. The van der Waals surface area contributed by atoms with E-state index >= 15 is 0 Å². The van der Waals surface area contributed by atoms with Crippen LogP contribution in [0.4, 0.5) is 5.82 Å². The van der Waals surface area contributed by atoms with Gasteiger partial charge < -0.3 is 15.0 Å². The second-order valence-electron chi connectivity index (χ2n) is 4.99. The molecule has 5 nitrogen and oxygen atoms in total. The number of fused-ring (bicyclic) bond motifs is 1. The lowest BCUT2D eigenvalue weighted by Crippen LogP contribution is -2.43. The van der Waals surface area contributed by atoms with Crippen molar-refractivity contribution in [3.63, 3.8) is 0 Å². The lowest BCUT2D eigenvalue weighted by molar-refractivity contribution is -0.0117. The third kappa shape index (κ3) is 3.00. The van der Waals surface area contributed by atoms with E-state index in [1.807, 2.05) is 24.3 Å². The maximum atomic E-state index is 5.97. The molecule has 6 heteroatoms. The molecule has 3 rings (SSSR count). The fourth-order valence-corrected chi connectivity index (χ4v) is 2.56. The van der Waals surface area contributed by atoms with Crippen molar-refractivity contribution in [3.8, 4) is 0 Å². The van der Waals surface area contributed by atoms with Crippen molar-refractivity contribution in [1.82, 2.24) is 14.9 Å². The van der Waals surface area contributed by atoms with Gasteiger partial charge in [-0.15, -0.1) is 0 Å². The standard InChI is InChI=1S/C14H17ClN4O/c1-19-6-7-20-10(9-19)8-16-13-11-4-2-3-5-12(11)17-14(15)18-13/h2-5,10H,6-9H2,1H3,(H,16,17,18). The maximum Gasteiger partial charge on any atom is 0.224 e. The molecule has 0 bridgehead atoms. The lowest BCUT2D eigenvalue weighted by atomic mass is 10.2. The molecule has 1 atom stereocenters. The fraction of sp³-hybridized carbons (Fsp3) is 0.429. The van der Waals surface area contributed by atoms with Crippen LogP contribution in [0.1, 0.15) is 0 Å². The van der Waals surface area contributed by atoms with Crippen LogP contribution in [-0.4, -0.2) is 54.3 Å². The van der Waals surface area contributed by atoms with E-state index in [1.54, 1.807) is 0 Å². The molecule has 20 heavy (non-hydrogen) atoms. The molecule has 0 amide bonds. The highest BCUT2D eigenvalue weighted by Crippen LogP contribution is 2.21. The molecule has 0 saturated carbocycles. The molecule has 2 aromatic rings. The van der Waals surface area contributed by atoms with Gasteiger partial charge in [0.25, 0.3) is 0 Å². The number of likely N-dealkylation sites (N-methyl/N-ethyl adjacent to an activating group) is 1. The van der Waals surface area contributed by atoms with E-state index in [-0.39, 0.29) is 11.4 Å². The summed E-state index contributed by atoms with van der Waals surface area (Å²) in [5, 5.41) is 4.56. The van der Waals surface area contributed by atoms with E-state index in [0.29, 0.717) is 6.54 Å². The monoisotopic (exact) mass is 292 g/mol. The molecule has 1 fully saturated rings. The van der Waals surface area contributed by atoms with Crippen LogP contribution < -0.4 is 5.32 Å². The molecule has 2 heterocycles. The van der Waals surface area contributed by atoms with Gasteiger partial charge in [0.15, 0.2) is 0 Å². The Morgan fingerprint density at radius 1 is 1.40 bits per heavy atom. The van der Waals surface area contributed by atoms with Crippen molar-refractivity contribution in [2.24, 2.45) is 0 Å². The molecule has 1 unspecified atom stereocenters. The first-order valence-corrected chi connectivity index (χ1v) is 7.06. The molecule has 0 spiro atoms. The van der Waals surface area contributed by atoms with Crippen LogP contribution in [0, 0.1) is 0 Å². The van der Waals surface area contributed by atoms with Crippen LogP contribution in [0.5, 0.6) is 0 Å². The second-order valence-corrected chi connectivity index (χ2v) is 5.33. The Balaban J connectivity index is 1.77. The molecule has 0 radical (unpaired) electrons. The number of benzene rings is 1. The van der Waals surface area contributed by atoms with Gasteiger partial charge in [-0.1, -0.05) is 12.1 Å². The van der Waals surface area contributed by atoms with Gasteiger partial charge in [-0.05, 0) is 30.8 Å². The van der Waals surface area contributed by atoms with E-state index in [4.69, 9.17) is 16.3 Å².